The number of benzene rings is 1. The summed E-state index contributed by atoms with van der Waals surface area (Å²) in [6, 6.07) is 7.75. The Hall–Kier alpha value is -1.40. The van der Waals surface area contributed by atoms with Gasteiger partial charge in [-0.05, 0) is 38.4 Å². The minimum atomic E-state index is -0.544. The second kappa shape index (κ2) is 7.45. The second-order valence-corrected chi connectivity index (χ2v) is 7.39. The number of para-hydroxylation sites is 2. The van der Waals surface area contributed by atoms with Crippen LogP contribution in [-0.2, 0) is 4.79 Å². The molecular weight excluding hydrogens is 312 g/mol. The highest BCUT2D eigenvalue weighted by atomic mass is 32.2. The third-order valence-electron chi connectivity index (χ3n) is 4.08. The van der Waals surface area contributed by atoms with Crippen LogP contribution >= 0.6 is 11.8 Å². The van der Waals surface area contributed by atoms with E-state index in [1.165, 1.54) is 0 Å². The van der Waals surface area contributed by atoms with E-state index < -0.39 is 6.10 Å². The van der Waals surface area contributed by atoms with Crippen LogP contribution in [0.25, 0.3) is 0 Å². The normalized spacial score (nSPS) is 24.4. The van der Waals surface area contributed by atoms with Crippen LogP contribution in [0.3, 0.4) is 0 Å². The molecule has 0 saturated carbocycles. The van der Waals surface area contributed by atoms with Gasteiger partial charge >= 0.3 is 0 Å². The Bertz CT molecular complexity index is 552. The summed E-state index contributed by atoms with van der Waals surface area (Å²) in [6.45, 7) is 1.96. The maximum atomic E-state index is 13.0. The van der Waals surface area contributed by atoms with Gasteiger partial charge in [-0.2, -0.15) is 11.8 Å². The monoisotopic (exact) mass is 336 g/mol. The Morgan fingerprint density at radius 1 is 1.35 bits per heavy atom. The van der Waals surface area contributed by atoms with Crippen molar-refractivity contribution >= 4 is 17.7 Å². The molecule has 6 heteroatoms. The molecule has 0 radical (unpaired) electrons. The van der Waals surface area contributed by atoms with Crippen molar-refractivity contribution in [3.8, 4) is 11.5 Å². The molecule has 0 aromatic heterocycles. The van der Waals surface area contributed by atoms with Crippen LogP contribution in [0.15, 0.2) is 24.3 Å². The number of thioether (sulfide) groups is 1. The van der Waals surface area contributed by atoms with E-state index in [1.54, 1.807) is 0 Å². The molecule has 1 saturated heterocycles. The summed E-state index contributed by atoms with van der Waals surface area (Å²) in [5.41, 5.74) is 0. The van der Waals surface area contributed by atoms with Crippen LogP contribution in [0.2, 0.25) is 0 Å². The van der Waals surface area contributed by atoms with Gasteiger partial charge in [0, 0.05) is 18.8 Å². The maximum absolute atomic E-state index is 13.0. The summed E-state index contributed by atoms with van der Waals surface area (Å²) in [7, 11) is 4.10. The molecule has 0 N–H and O–H groups in total. The molecule has 1 aromatic carbocycles. The Balaban J connectivity index is 1.72. The summed E-state index contributed by atoms with van der Waals surface area (Å²) < 4.78 is 11.6. The predicted octanol–water partition coefficient (Wildman–Crippen LogP) is 1.72. The molecule has 23 heavy (non-hydrogen) atoms. The lowest BCUT2D eigenvalue weighted by Gasteiger charge is -2.35. The number of ether oxygens (including phenoxy) is 2. The van der Waals surface area contributed by atoms with Crippen molar-refractivity contribution in [2.45, 2.75) is 18.6 Å². The van der Waals surface area contributed by atoms with Gasteiger partial charge in [0.1, 0.15) is 6.61 Å². The van der Waals surface area contributed by atoms with Crippen LogP contribution < -0.4 is 9.47 Å². The fourth-order valence-corrected chi connectivity index (χ4v) is 4.08. The van der Waals surface area contributed by atoms with Gasteiger partial charge in [-0.3, -0.25) is 4.79 Å². The summed E-state index contributed by atoms with van der Waals surface area (Å²) in [6.07, 6.45) is 0.488. The smallest absolute Gasteiger partial charge is 0.267 e. The van der Waals surface area contributed by atoms with E-state index in [2.05, 4.69) is 19.0 Å². The van der Waals surface area contributed by atoms with Gasteiger partial charge in [0.25, 0.3) is 5.91 Å². The lowest BCUT2D eigenvalue weighted by molar-refractivity contribution is -0.143. The zero-order valence-corrected chi connectivity index (χ0v) is 14.6. The number of amides is 1. The summed E-state index contributed by atoms with van der Waals surface area (Å²) >= 11 is 1.93. The molecule has 0 bridgehead atoms. The zero-order valence-electron chi connectivity index (χ0n) is 13.7. The van der Waals surface area contributed by atoms with Gasteiger partial charge in [-0.15, -0.1) is 0 Å². The van der Waals surface area contributed by atoms with Crippen molar-refractivity contribution in [2.24, 2.45) is 0 Å². The lowest BCUT2D eigenvalue weighted by atomic mass is 10.2. The van der Waals surface area contributed by atoms with Crippen molar-refractivity contribution in [1.82, 2.24) is 9.80 Å². The molecule has 2 aliphatic heterocycles. The molecule has 126 valence electrons. The Kier molecular flexibility index (Phi) is 5.33. The van der Waals surface area contributed by atoms with Gasteiger partial charge < -0.3 is 19.3 Å². The van der Waals surface area contributed by atoms with Crippen molar-refractivity contribution in [3.63, 3.8) is 0 Å². The molecule has 5 nitrogen and oxygen atoms in total. The summed E-state index contributed by atoms with van der Waals surface area (Å²) in [5.74, 6) is 3.51. The summed E-state index contributed by atoms with van der Waals surface area (Å²) in [5, 5.41) is 0. The van der Waals surface area contributed by atoms with Crippen molar-refractivity contribution in [2.75, 3.05) is 45.3 Å². The predicted molar refractivity (Wildman–Crippen MR) is 92.4 cm³/mol. The van der Waals surface area contributed by atoms with Gasteiger partial charge in [-0.25, -0.2) is 0 Å². The number of likely N-dealkylation sites (N-methyl/N-ethyl adjacent to an activating group) is 1. The highest BCUT2D eigenvalue weighted by Crippen LogP contribution is 2.31. The first kappa shape index (κ1) is 16.5. The van der Waals surface area contributed by atoms with E-state index in [9.17, 15) is 4.79 Å². The fraction of sp³-hybridized carbons (Fsp3) is 0.588. The SMILES string of the molecule is CN(C)CC1CSCCCN1C(=O)C1COc2ccccc2O1. The minimum absolute atomic E-state index is 0.0499. The van der Waals surface area contributed by atoms with E-state index in [4.69, 9.17) is 9.47 Å². The highest BCUT2D eigenvalue weighted by Gasteiger charge is 2.35. The molecule has 2 aliphatic rings. The average molecular weight is 336 g/mol. The maximum Gasteiger partial charge on any atom is 0.267 e. The standard InChI is InChI=1S/C17H24N2O3S/c1-18(2)10-13-12-23-9-5-8-19(13)17(20)16-11-21-14-6-3-4-7-15(14)22-16/h3-4,6-7,13,16H,5,8-12H2,1-2H3. The third kappa shape index (κ3) is 3.93. The van der Waals surface area contributed by atoms with E-state index in [0.29, 0.717) is 11.5 Å². The molecule has 2 atom stereocenters. The quantitative estimate of drug-likeness (QED) is 0.841. The van der Waals surface area contributed by atoms with Crippen molar-refractivity contribution in [1.29, 1.82) is 0 Å². The van der Waals surface area contributed by atoms with Crippen LogP contribution in [0.4, 0.5) is 0 Å². The Morgan fingerprint density at radius 3 is 2.91 bits per heavy atom. The van der Waals surface area contributed by atoms with Crippen LogP contribution in [-0.4, -0.2) is 73.2 Å². The highest BCUT2D eigenvalue weighted by molar-refractivity contribution is 7.99. The first-order valence-corrected chi connectivity index (χ1v) is 9.22. The van der Waals surface area contributed by atoms with Crippen LogP contribution in [0.5, 0.6) is 11.5 Å². The minimum Gasteiger partial charge on any atom is -0.485 e. The number of hydrogen-bond acceptors (Lipinski definition) is 5. The molecule has 3 rings (SSSR count). The molecule has 0 aliphatic carbocycles. The van der Waals surface area contributed by atoms with Crippen LogP contribution in [0, 0.1) is 0 Å². The fourth-order valence-electron chi connectivity index (χ4n) is 3.02. The number of carbonyl (C=O) groups is 1. The molecule has 2 unspecified atom stereocenters. The molecule has 2 heterocycles. The first-order valence-electron chi connectivity index (χ1n) is 8.06. The Morgan fingerprint density at radius 2 is 2.13 bits per heavy atom. The van der Waals surface area contributed by atoms with Gasteiger partial charge in [-0.1, -0.05) is 12.1 Å². The molecule has 1 amide bonds. The summed E-state index contributed by atoms with van der Waals surface area (Å²) in [4.78, 5) is 17.1. The third-order valence-corrected chi connectivity index (χ3v) is 5.28. The zero-order chi connectivity index (χ0) is 16.2. The van der Waals surface area contributed by atoms with Crippen molar-refractivity contribution < 1.29 is 14.3 Å². The van der Waals surface area contributed by atoms with Crippen LogP contribution in [0.1, 0.15) is 6.42 Å². The average Bonchev–Trinajstić information content (AvgIpc) is 2.78. The second-order valence-electron chi connectivity index (χ2n) is 6.24. The van der Waals surface area contributed by atoms with E-state index in [0.717, 1.165) is 31.0 Å². The molecular formula is C17H24N2O3S. The number of nitrogens with zero attached hydrogens (tertiary/aromatic N) is 2. The topological polar surface area (TPSA) is 42.0 Å². The van der Waals surface area contributed by atoms with Gasteiger partial charge in [0.15, 0.2) is 11.5 Å². The number of hydrogen-bond donors (Lipinski definition) is 0. The Labute approximate surface area is 141 Å². The molecule has 1 fully saturated rings. The van der Waals surface area contributed by atoms with E-state index >= 15 is 0 Å². The number of rotatable bonds is 3. The number of fused-ring (bicyclic) bond motifs is 1. The van der Waals surface area contributed by atoms with E-state index in [-0.39, 0.29) is 18.6 Å². The van der Waals surface area contributed by atoms with Gasteiger partial charge in [0.2, 0.25) is 6.10 Å². The first-order chi connectivity index (χ1) is 11.1. The lowest BCUT2D eigenvalue weighted by Crippen LogP contribution is -2.53. The van der Waals surface area contributed by atoms with Crippen molar-refractivity contribution in [3.05, 3.63) is 24.3 Å². The number of carbonyl (C=O) groups excluding carboxylic acids is 1. The molecule has 0 spiro atoms. The van der Waals surface area contributed by atoms with E-state index in [1.807, 2.05) is 40.9 Å². The largest absolute Gasteiger partial charge is 0.485 e. The van der Waals surface area contributed by atoms with Gasteiger partial charge in [0.05, 0.1) is 6.04 Å². The molecule has 1 aromatic rings.